The highest BCUT2D eigenvalue weighted by molar-refractivity contribution is 5.79. The second-order valence-electron chi connectivity index (χ2n) is 6.53. The van der Waals surface area contributed by atoms with E-state index < -0.39 is 0 Å². The van der Waals surface area contributed by atoms with Gasteiger partial charge < -0.3 is 10.2 Å². The summed E-state index contributed by atoms with van der Waals surface area (Å²) in [5, 5.41) is 3.43. The van der Waals surface area contributed by atoms with Crippen molar-refractivity contribution in [2.24, 2.45) is 5.92 Å². The predicted molar refractivity (Wildman–Crippen MR) is 83.7 cm³/mol. The monoisotopic (exact) mass is 280 g/mol. The Morgan fingerprint density at radius 2 is 1.55 bits per heavy atom. The number of amides is 1. The molecule has 1 amide bonds. The van der Waals surface area contributed by atoms with Crippen molar-refractivity contribution < 1.29 is 4.79 Å². The Bertz CT molecular complexity index is 271. The standard InChI is InChI=1S/C17H32N2O/c1-3-14(4-2)17(20)19(15-8-6-5-7-9-15)16-10-12-18-13-11-16/h14-16,18H,3-13H2,1-2H3. The molecule has 1 aliphatic heterocycles. The molecule has 0 spiro atoms. The number of hydrogen-bond donors (Lipinski definition) is 1. The minimum atomic E-state index is 0.242. The Morgan fingerprint density at radius 3 is 2.10 bits per heavy atom. The van der Waals surface area contributed by atoms with Gasteiger partial charge in [0.15, 0.2) is 0 Å². The van der Waals surface area contributed by atoms with Crippen LogP contribution in [0.4, 0.5) is 0 Å². The molecule has 0 aromatic rings. The first kappa shape index (κ1) is 15.8. The van der Waals surface area contributed by atoms with Gasteiger partial charge in [0, 0.05) is 18.0 Å². The molecule has 0 atom stereocenters. The highest BCUT2D eigenvalue weighted by Gasteiger charge is 2.34. The van der Waals surface area contributed by atoms with Crippen molar-refractivity contribution in [3.63, 3.8) is 0 Å². The zero-order chi connectivity index (χ0) is 14.4. The van der Waals surface area contributed by atoms with Gasteiger partial charge in [-0.3, -0.25) is 4.79 Å². The molecule has 1 aliphatic carbocycles. The molecule has 3 nitrogen and oxygen atoms in total. The first-order valence-corrected chi connectivity index (χ1v) is 8.80. The summed E-state index contributed by atoms with van der Waals surface area (Å²) in [4.78, 5) is 15.4. The van der Waals surface area contributed by atoms with Crippen molar-refractivity contribution in [3.8, 4) is 0 Å². The van der Waals surface area contributed by atoms with Gasteiger partial charge in [-0.25, -0.2) is 0 Å². The van der Waals surface area contributed by atoms with E-state index in [2.05, 4.69) is 24.1 Å². The maximum absolute atomic E-state index is 13.0. The summed E-state index contributed by atoms with van der Waals surface area (Å²) in [6.45, 7) is 6.47. The quantitative estimate of drug-likeness (QED) is 0.837. The molecule has 0 aromatic heterocycles. The highest BCUT2D eigenvalue weighted by Crippen LogP contribution is 2.29. The molecule has 3 heteroatoms. The SMILES string of the molecule is CCC(CC)C(=O)N(C1CCCCC1)C1CCNCC1. The van der Waals surface area contributed by atoms with Crippen LogP contribution < -0.4 is 5.32 Å². The lowest BCUT2D eigenvalue weighted by Gasteiger charge is -2.43. The van der Waals surface area contributed by atoms with Gasteiger partial charge in [-0.15, -0.1) is 0 Å². The van der Waals surface area contributed by atoms with E-state index in [1.807, 2.05) is 0 Å². The molecule has 0 unspecified atom stereocenters. The van der Waals surface area contributed by atoms with Crippen molar-refractivity contribution >= 4 is 5.91 Å². The smallest absolute Gasteiger partial charge is 0.226 e. The van der Waals surface area contributed by atoms with Crippen molar-refractivity contribution in [1.82, 2.24) is 10.2 Å². The molecule has 0 radical (unpaired) electrons. The Hall–Kier alpha value is -0.570. The molecule has 1 heterocycles. The molecule has 2 rings (SSSR count). The van der Waals surface area contributed by atoms with Crippen LogP contribution in [0.25, 0.3) is 0 Å². The molecule has 20 heavy (non-hydrogen) atoms. The van der Waals surface area contributed by atoms with Gasteiger partial charge in [0.1, 0.15) is 0 Å². The Morgan fingerprint density at radius 1 is 1.00 bits per heavy atom. The van der Waals surface area contributed by atoms with Crippen molar-refractivity contribution in [3.05, 3.63) is 0 Å². The zero-order valence-electron chi connectivity index (χ0n) is 13.4. The number of carbonyl (C=O) groups is 1. The summed E-state index contributed by atoms with van der Waals surface area (Å²) < 4.78 is 0. The maximum Gasteiger partial charge on any atom is 0.226 e. The van der Waals surface area contributed by atoms with E-state index in [1.54, 1.807) is 0 Å². The first-order valence-electron chi connectivity index (χ1n) is 8.80. The maximum atomic E-state index is 13.0. The first-order chi connectivity index (χ1) is 9.77. The van der Waals surface area contributed by atoms with Crippen LogP contribution in [0.15, 0.2) is 0 Å². The minimum Gasteiger partial charge on any atom is -0.336 e. The van der Waals surface area contributed by atoms with Crippen molar-refractivity contribution in [2.75, 3.05) is 13.1 Å². The molecule has 0 bridgehead atoms. The number of rotatable bonds is 5. The fourth-order valence-electron chi connectivity index (χ4n) is 3.95. The van der Waals surface area contributed by atoms with Gasteiger partial charge in [-0.1, -0.05) is 33.1 Å². The van der Waals surface area contributed by atoms with Gasteiger partial charge >= 0.3 is 0 Å². The van der Waals surface area contributed by atoms with Crippen LogP contribution in [-0.2, 0) is 4.79 Å². The van der Waals surface area contributed by atoms with E-state index in [1.165, 1.54) is 32.1 Å². The number of nitrogens with zero attached hydrogens (tertiary/aromatic N) is 1. The normalized spacial score (nSPS) is 22.1. The molecule has 1 saturated heterocycles. The second kappa shape index (κ2) is 8.02. The highest BCUT2D eigenvalue weighted by atomic mass is 16.2. The van der Waals surface area contributed by atoms with Crippen molar-refractivity contribution in [1.29, 1.82) is 0 Å². The lowest BCUT2D eigenvalue weighted by Crippen LogP contribution is -2.53. The molecule has 0 aromatic carbocycles. The van der Waals surface area contributed by atoms with Crippen molar-refractivity contribution in [2.45, 2.75) is 83.7 Å². The Labute approximate surface area is 124 Å². The third kappa shape index (κ3) is 3.75. The number of hydrogen-bond acceptors (Lipinski definition) is 2. The Kier molecular flexibility index (Phi) is 6.34. The zero-order valence-corrected chi connectivity index (χ0v) is 13.4. The number of carbonyl (C=O) groups excluding carboxylic acids is 1. The third-order valence-electron chi connectivity index (χ3n) is 5.26. The third-order valence-corrected chi connectivity index (χ3v) is 5.26. The van der Waals surface area contributed by atoms with Gasteiger partial charge in [-0.05, 0) is 51.6 Å². The topological polar surface area (TPSA) is 32.3 Å². The lowest BCUT2D eigenvalue weighted by atomic mass is 9.89. The van der Waals surface area contributed by atoms with Crippen LogP contribution in [0.1, 0.15) is 71.6 Å². The van der Waals surface area contributed by atoms with E-state index in [0.717, 1.165) is 38.8 Å². The second-order valence-corrected chi connectivity index (χ2v) is 6.53. The summed E-state index contributed by atoms with van der Waals surface area (Å²) in [7, 11) is 0. The van der Waals surface area contributed by atoms with Crippen LogP contribution in [0, 0.1) is 5.92 Å². The van der Waals surface area contributed by atoms with Crippen LogP contribution >= 0.6 is 0 Å². The van der Waals surface area contributed by atoms with Crippen LogP contribution in [0.5, 0.6) is 0 Å². The average Bonchev–Trinajstić information content (AvgIpc) is 2.51. The van der Waals surface area contributed by atoms with E-state index in [0.29, 0.717) is 18.0 Å². The van der Waals surface area contributed by atoms with Crippen LogP contribution in [0.3, 0.4) is 0 Å². The van der Waals surface area contributed by atoms with Gasteiger partial charge in [0.05, 0.1) is 0 Å². The molecular formula is C17H32N2O. The summed E-state index contributed by atoms with van der Waals surface area (Å²) in [6.07, 6.45) is 10.7. The van der Waals surface area contributed by atoms with E-state index in [4.69, 9.17) is 0 Å². The molecule has 1 saturated carbocycles. The molecule has 116 valence electrons. The minimum absolute atomic E-state index is 0.242. The van der Waals surface area contributed by atoms with Gasteiger partial charge in [-0.2, -0.15) is 0 Å². The fraction of sp³-hybridized carbons (Fsp3) is 0.941. The summed E-state index contributed by atoms with van der Waals surface area (Å²) in [5.74, 6) is 0.695. The largest absolute Gasteiger partial charge is 0.336 e. The summed E-state index contributed by atoms with van der Waals surface area (Å²) in [6, 6.07) is 1.02. The molecule has 1 N–H and O–H groups in total. The number of nitrogens with one attached hydrogen (secondary N) is 1. The Balaban J connectivity index is 2.11. The number of piperidine rings is 1. The van der Waals surface area contributed by atoms with Crippen LogP contribution in [-0.4, -0.2) is 36.0 Å². The van der Waals surface area contributed by atoms with Crippen LogP contribution in [0.2, 0.25) is 0 Å². The van der Waals surface area contributed by atoms with Gasteiger partial charge in [0.25, 0.3) is 0 Å². The van der Waals surface area contributed by atoms with E-state index >= 15 is 0 Å². The van der Waals surface area contributed by atoms with E-state index in [9.17, 15) is 4.79 Å². The molecule has 2 fully saturated rings. The molecule has 2 aliphatic rings. The van der Waals surface area contributed by atoms with E-state index in [-0.39, 0.29) is 5.92 Å². The lowest BCUT2D eigenvalue weighted by molar-refractivity contribution is -0.142. The molecular weight excluding hydrogens is 248 g/mol. The summed E-state index contributed by atoms with van der Waals surface area (Å²) in [5.41, 5.74) is 0. The van der Waals surface area contributed by atoms with Gasteiger partial charge in [0.2, 0.25) is 5.91 Å². The average molecular weight is 280 g/mol. The fourth-order valence-corrected chi connectivity index (χ4v) is 3.95. The predicted octanol–water partition coefficient (Wildman–Crippen LogP) is 3.34. The summed E-state index contributed by atoms with van der Waals surface area (Å²) >= 11 is 0.